The molecule has 47 heavy (non-hydrogen) atoms. The summed E-state index contributed by atoms with van der Waals surface area (Å²) in [7, 11) is 0. The highest BCUT2D eigenvalue weighted by molar-refractivity contribution is 5.95. The van der Waals surface area contributed by atoms with Gasteiger partial charge in [-0.05, 0) is 44.6 Å². The molecule has 16 N–H and O–H groups in total. The molecule has 1 fully saturated rings. The fourth-order valence-electron chi connectivity index (χ4n) is 4.58. The summed E-state index contributed by atoms with van der Waals surface area (Å²) in [4.78, 5) is 80.3. The number of hydrogen-bond acceptors (Lipinski definition) is 11. The van der Waals surface area contributed by atoms with Crippen molar-refractivity contribution in [2.75, 3.05) is 39.5 Å². The summed E-state index contributed by atoms with van der Waals surface area (Å²) < 4.78 is 0. The largest absolute Gasteiger partial charge is 0.394 e. The molecule has 19 heteroatoms. The van der Waals surface area contributed by atoms with Crippen molar-refractivity contribution in [2.24, 2.45) is 33.8 Å². The first kappa shape index (κ1) is 41.0. The Bertz CT molecular complexity index is 1070. The standard InChI is InChI=1S/C28H54N12O7/c1-3-16(2)10-22(42)37-18(6-4-8-29)25(45)35-13-23(43)38-19(7-5-9-34-28(31)32)26(46)39-20(11-17-12-33-15-36-17)27(47)40-21(14-41)24(30)44/h16-21,33,36,41H,3-15,29H2,1-2H3,(H2,30,44)(H,35,45)(H,37,42)(H,38,43)(H,39,46)(H,40,47)(H4,31,32,34)/t16-,17?,18-,19-,20+,21-/m0/s1. The van der Waals surface area contributed by atoms with Crippen LogP contribution in [-0.4, -0.2) is 116 Å². The maximum atomic E-state index is 13.5. The number of aliphatic imine (C=N–C) groups is 1. The molecule has 1 saturated heterocycles. The van der Waals surface area contributed by atoms with Crippen molar-refractivity contribution < 1.29 is 33.9 Å². The third-order valence-corrected chi connectivity index (χ3v) is 7.50. The first-order chi connectivity index (χ1) is 22.3. The van der Waals surface area contributed by atoms with Gasteiger partial charge < -0.3 is 65.3 Å². The van der Waals surface area contributed by atoms with Crippen LogP contribution in [-0.2, 0) is 28.8 Å². The van der Waals surface area contributed by atoms with Crippen LogP contribution in [0.1, 0.15) is 58.8 Å². The van der Waals surface area contributed by atoms with Gasteiger partial charge in [0.25, 0.3) is 0 Å². The molecule has 0 aliphatic carbocycles. The second kappa shape index (κ2) is 22.5. The second-order valence-electron chi connectivity index (χ2n) is 11.5. The number of carbonyl (C=O) groups excluding carboxylic acids is 6. The van der Waals surface area contributed by atoms with Crippen molar-refractivity contribution >= 4 is 41.4 Å². The minimum Gasteiger partial charge on any atom is -0.394 e. The summed E-state index contributed by atoms with van der Waals surface area (Å²) in [6, 6.07) is -4.83. The van der Waals surface area contributed by atoms with Crippen LogP contribution in [0.15, 0.2) is 4.99 Å². The predicted octanol–water partition coefficient (Wildman–Crippen LogP) is -5.34. The SMILES string of the molecule is CC[C@H](C)CC(=O)N[C@@H](CCCN)C(=O)NCC(=O)N[C@@H](CCCN=C(N)N)C(=O)N[C@H](CC1CNCN1)C(=O)N[C@@H](CO)C(N)=O. The van der Waals surface area contributed by atoms with E-state index in [0.29, 0.717) is 26.2 Å². The molecule has 1 unspecified atom stereocenters. The van der Waals surface area contributed by atoms with Gasteiger partial charge in [-0.3, -0.25) is 33.8 Å². The number of guanidine groups is 1. The molecule has 6 amide bonds. The van der Waals surface area contributed by atoms with Gasteiger partial charge in [-0.25, -0.2) is 0 Å². The lowest BCUT2D eigenvalue weighted by Crippen LogP contribution is -2.58. The fraction of sp³-hybridized carbons (Fsp3) is 0.750. The maximum Gasteiger partial charge on any atom is 0.243 e. The summed E-state index contributed by atoms with van der Waals surface area (Å²) in [5, 5.41) is 28.3. The van der Waals surface area contributed by atoms with Gasteiger partial charge >= 0.3 is 0 Å². The van der Waals surface area contributed by atoms with Gasteiger partial charge in [0.15, 0.2) is 5.96 Å². The van der Waals surface area contributed by atoms with Crippen LogP contribution in [0.5, 0.6) is 0 Å². The maximum absolute atomic E-state index is 13.5. The Balaban J connectivity index is 3.01. The van der Waals surface area contributed by atoms with Crippen LogP contribution in [0, 0.1) is 5.92 Å². The van der Waals surface area contributed by atoms with Crippen LogP contribution < -0.4 is 60.2 Å². The van der Waals surface area contributed by atoms with E-state index in [9.17, 15) is 33.9 Å². The highest BCUT2D eigenvalue weighted by Gasteiger charge is 2.31. The van der Waals surface area contributed by atoms with Gasteiger partial charge in [-0.1, -0.05) is 20.3 Å². The minimum absolute atomic E-state index is 0.0607. The number of hydrogen-bond donors (Lipinski definition) is 12. The zero-order valence-electron chi connectivity index (χ0n) is 27.3. The highest BCUT2D eigenvalue weighted by Crippen LogP contribution is 2.08. The van der Waals surface area contributed by atoms with Crippen LogP contribution >= 0.6 is 0 Å². The lowest BCUT2D eigenvalue weighted by atomic mass is 10.0. The smallest absolute Gasteiger partial charge is 0.243 e. The van der Waals surface area contributed by atoms with Crippen LogP contribution in [0.3, 0.4) is 0 Å². The number of nitrogens with two attached hydrogens (primary N) is 4. The molecular formula is C28H54N12O7. The molecule has 0 bridgehead atoms. The first-order valence-corrected chi connectivity index (χ1v) is 15.9. The molecule has 0 aromatic carbocycles. The molecule has 1 heterocycles. The minimum atomic E-state index is -1.37. The van der Waals surface area contributed by atoms with Gasteiger partial charge in [0.05, 0.1) is 13.2 Å². The third kappa shape index (κ3) is 16.9. The van der Waals surface area contributed by atoms with Crippen LogP contribution in [0.2, 0.25) is 0 Å². The topological polar surface area (TPSA) is 323 Å². The van der Waals surface area contributed by atoms with E-state index in [4.69, 9.17) is 22.9 Å². The Morgan fingerprint density at radius 2 is 1.49 bits per heavy atom. The normalized spacial score (nSPS) is 17.2. The predicted molar refractivity (Wildman–Crippen MR) is 174 cm³/mol. The lowest BCUT2D eigenvalue weighted by molar-refractivity contribution is -0.134. The number of amides is 6. The van der Waals surface area contributed by atoms with Crippen LogP contribution in [0.25, 0.3) is 0 Å². The molecule has 1 aliphatic rings. The number of nitrogens with one attached hydrogen (secondary N) is 7. The summed E-state index contributed by atoms with van der Waals surface area (Å²) in [5.41, 5.74) is 21.6. The second-order valence-corrected chi connectivity index (χ2v) is 11.5. The molecule has 0 aromatic heterocycles. The Labute approximate surface area is 274 Å². The third-order valence-electron chi connectivity index (χ3n) is 7.50. The number of aliphatic hydroxyl groups excluding tert-OH is 1. The molecule has 0 saturated carbocycles. The van der Waals surface area contributed by atoms with Gasteiger partial charge in [-0.15, -0.1) is 0 Å². The van der Waals surface area contributed by atoms with Crippen molar-refractivity contribution in [1.29, 1.82) is 0 Å². The Morgan fingerprint density at radius 3 is 2.06 bits per heavy atom. The van der Waals surface area contributed by atoms with Crippen molar-refractivity contribution in [3.63, 3.8) is 0 Å². The van der Waals surface area contributed by atoms with Crippen molar-refractivity contribution in [3.8, 4) is 0 Å². The first-order valence-electron chi connectivity index (χ1n) is 15.9. The molecule has 0 spiro atoms. The van der Waals surface area contributed by atoms with E-state index in [1.54, 1.807) is 0 Å². The Kier molecular flexibility index (Phi) is 19.6. The zero-order valence-corrected chi connectivity index (χ0v) is 27.3. The van der Waals surface area contributed by atoms with Gasteiger partial charge in [-0.2, -0.15) is 0 Å². The molecule has 268 valence electrons. The summed E-state index contributed by atoms with van der Waals surface area (Å²) in [6.07, 6.45) is 2.22. The Morgan fingerprint density at radius 1 is 0.872 bits per heavy atom. The lowest BCUT2D eigenvalue weighted by Gasteiger charge is -2.26. The van der Waals surface area contributed by atoms with Crippen molar-refractivity contribution in [3.05, 3.63) is 0 Å². The fourth-order valence-corrected chi connectivity index (χ4v) is 4.58. The molecule has 0 aromatic rings. The van der Waals surface area contributed by atoms with E-state index in [2.05, 4.69) is 42.2 Å². The zero-order chi connectivity index (χ0) is 35.4. The summed E-state index contributed by atoms with van der Waals surface area (Å²) in [6.45, 7) is 4.07. The van der Waals surface area contributed by atoms with Crippen molar-refractivity contribution in [2.45, 2.75) is 89.0 Å². The molecule has 0 radical (unpaired) electrons. The van der Waals surface area contributed by atoms with E-state index in [1.807, 2.05) is 13.8 Å². The molecular weight excluding hydrogens is 616 g/mol. The number of nitrogens with zero attached hydrogens (tertiary/aromatic N) is 1. The average Bonchev–Trinajstić information content (AvgIpc) is 3.54. The number of carbonyl (C=O) groups is 6. The van der Waals surface area contributed by atoms with Crippen molar-refractivity contribution in [1.82, 2.24) is 37.2 Å². The van der Waals surface area contributed by atoms with E-state index >= 15 is 0 Å². The number of aliphatic hydroxyl groups is 1. The van der Waals surface area contributed by atoms with E-state index in [1.165, 1.54) is 0 Å². The number of primary amides is 1. The highest BCUT2D eigenvalue weighted by atomic mass is 16.3. The quantitative estimate of drug-likeness (QED) is 0.0275. The van der Waals surface area contributed by atoms with E-state index in [-0.39, 0.29) is 62.5 Å². The van der Waals surface area contributed by atoms with Gasteiger partial charge in [0.2, 0.25) is 35.4 Å². The van der Waals surface area contributed by atoms with E-state index in [0.717, 1.165) is 6.42 Å². The summed E-state index contributed by atoms with van der Waals surface area (Å²) in [5.74, 6) is -4.05. The monoisotopic (exact) mass is 670 g/mol. The molecule has 19 nitrogen and oxygen atoms in total. The van der Waals surface area contributed by atoms with Crippen LogP contribution in [0.4, 0.5) is 0 Å². The van der Waals surface area contributed by atoms with Gasteiger partial charge in [0, 0.05) is 32.2 Å². The summed E-state index contributed by atoms with van der Waals surface area (Å²) >= 11 is 0. The molecule has 1 aliphatic heterocycles. The molecule has 1 rings (SSSR count). The molecule has 6 atom stereocenters. The van der Waals surface area contributed by atoms with E-state index < -0.39 is 66.9 Å². The Hall–Kier alpha value is -4.07. The number of rotatable bonds is 23. The van der Waals surface area contributed by atoms with Gasteiger partial charge in [0.1, 0.15) is 24.2 Å². The average molecular weight is 671 g/mol.